The first-order chi connectivity index (χ1) is 19.2. The number of nitrogens with zero attached hydrogens (tertiary/aromatic N) is 5. The number of nitrogens with one attached hydrogen (secondary N) is 1. The van der Waals surface area contributed by atoms with Crippen LogP contribution in [0, 0.1) is 0 Å². The van der Waals surface area contributed by atoms with Crippen molar-refractivity contribution < 1.29 is 22.7 Å². The highest BCUT2D eigenvalue weighted by atomic mass is 35.5. The number of carbonyl (C=O) groups excluding carboxylic acids is 1. The van der Waals surface area contributed by atoms with Gasteiger partial charge in [0, 0.05) is 46.5 Å². The van der Waals surface area contributed by atoms with Gasteiger partial charge in [-0.25, -0.2) is 0 Å². The fraction of sp³-hybridized carbons (Fsp3) is 0.222. The zero-order valence-electron chi connectivity index (χ0n) is 21.6. The van der Waals surface area contributed by atoms with Crippen LogP contribution in [0.15, 0.2) is 64.1 Å². The number of aromatic nitrogens is 5. The SMILES string of the molecule is CCC(C(=O)Nc1ccc2nn(C)cc2c1)n1cc(OC)c(-c2cc(Cl)ccc2-c2nnc(C(F)F)o2)cc1=O. The van der Waals surface area contributed by atoms with E-state index in [1.807, 2.05) is 13.2 Å². The lowest BCUT2D eigenvalue weighted by Gasteiger charge is -2.20. The van der Waals surface area contributed by atoms with E-state index in [9.17, 15) is 18.4 Å². The minimum Gasteiger partial charge on any atom is -0.495 e. The van der Waals surface area contributed by atoms with Gasteiger partial charge in [-0.3, -0.25) is 18.8 Å². The molecule has 0 saturated heterocycles. The monoisotopic (exact) mass is 568 g/mol. The van der Waals surface area contributed by atoms with Gasteiger partial charge in [0.05, 0.1) is 18.8 Å². The molecule has 3 aromatic heterocycles. The van der Waals surface area contributed by atoms with Gasteiger partial charge in [0.1, 0.15) is 11.8 Å². The molecule has 10 nitrogen and oxygen atoms in total. The molecule has 5 aromatic rings. The summed E-state index contributed by atoms with van der Waals surface area (Å²) >= 11 is 6.24. The molecule has 1 N–H and O–H groups in total. The van der Waals surface area contributed by atoms with E-state index in [2.05, 4.69) is 20.6 Å². The van der Waals surface area contributed by atoms with Crippen molar-refractivity contribution >= 4 is 34.1 Å². The minimum atomic E-state index is -2.95. The molecule has 0 bridgehead atoms. The zero-order chi connectivity index (χ0) is 28.6. The number of halogens is 3. The number of alkyl halides is 2. The lowest BCUT2D eigenvalue weighted by atomic mass is 9.99. The Kier molecular flexibility index (Phi) is 7.35. The van der Waals surface area contributed by atoms with Crippen molar-refractivity contribution in [3.63, 3.8) is 0 Å². The lowest BCUT2D eigenvalue weighted by Crippen LogP contribution is -2.32. The minimum absolute atomic E-state index is 0.176. The van der Waals surface area contributed by atoms with Crippen LogP contribution >= 0.6 is 11.6 Å². The molecule has 13 heteroatoms. The van der Waals surface area contributed by atoms with Crippen LogP contribution in [0.2, 0.25) is 5.02 Å². The molecule has 1 amide bonds. The highest BCUT2D eigenvalue weighted by Crippen LogP contribution is 2.38. The first-order valence-electron chi connectivity index (χ1n) is 12.1. The number of ether oxygens (including phenoxy) is 1. The van der Waals surface area contributed by atoms with E-state index < -0.39 is 29.8 Å². The smallest absolute Gasteiger partial charge is 0.314 e. The molecule has 2 aromatic carbocycles. The summed E-state index contributed by atoms with van der Waals surface area (Å²) in [7, 11) is 3.22. The first-order valence-corrected chi connectivity index (χ1v) is 12.5. The van der Waals surface area contributed by atoms with Crippen molar-refractivity contribution in [1.29, 1.82) is 0 Å². The van der Waals surface area contributed by atoms with Crippen LogP contribution in [0.1, 0.15) is 31.7 Å². The molecule has 5 rings (SSSR count). The Morgan fingerprint density at radius 1 is 1.10 bits per heavy atom. The quantitative estimate of drug-likeness (QED) is 0.257. The molecule has 40 heavy (non-hydrogen) atoms. The molecule has 1 unspecified atom stereocenters. The summed E-state index contributed by atoms with van der Waals surface area (Å²) in [6.45, 7) is 1.78. The summed E-state index contributed by atoms with van der Waals surface area (Å²) in [6, 6.07) is 10.4. The molecule has 0 aliphatic heterocycles. The first kappa shape index (κ1) is 27.0. The highest BCUT2D eigenvalue weighted by molar-refractivity contribution is 6.31. The maximum absolute atomic E-state index is 13.4. The maximum atomic E-state index is 13.4. The number of hydrogen-bond donors (Lipinski definition) is 1. The van der Waals surface area contributed by atoms with E-state index in [0.29, 0.717) is 28.3 Å². The molecule has 0 aliphatic rings. The van der Waals surface area contributed by atoms with E-state index in [1.54, 1.807) is 29.8 Å². The molecular weight excluding hydrogens is 546 g/mol. The van der Waals surface area contributed by atoms with Crippen LogP contribution in [-0.4, -0.2) is 37.6 Å². The Bertz CT molecular complexity index is 1780. The summed E-state index contributed by atoms with van der Waals surface area (Å²) in [5.74, 6) is -1.17. The molecule has 0 saturated carbocycles. The average Bonchev–Trinajstić information content (AvgIpc) is 3.56. The second-order valence-corrected chi connectivity index (χ2v) is 9.36. The zero-order valence-corrected chi connectivity index (χ0v) is 22.3. The Labute approximate surface area is 231 Å². The number of hydrogen-bond acceptors (Lipinski definition) is 7. The molecule has 0 aliphatic carbocycles. The number of fused-ring (bicyclic) bond motifs is 1. The van der Waals surface area contributed by atoms with E-state index in [-0.39, 0.29) is 17.2 Å². The number of carbonyl (C=O) groups is 1. The van der Waals surface area contributed by atoms with Gasteiger partial charge in [0.25, 0.3) is 11.4 Å². The van der Waals surface area contributed by atoms with Gasteiger partial charge in [0.2, 0.25) is 11.8 Å². The van der Waals surface area contributed by atoms with Gasteiger partial charge in [-0.1, -0.05) is 18.5 Å². The molecule has 206 valence electrons. The second kappa shape index (κ2) is 10.9. The topological polar surface area (TPSA) is 117 Å². The number of rotatable bonds is 8. The molecular formula is C27H23ClF2N6O4. The third-order valence-electron chi connectivity index (χ3n) is 6.31. The van der Waals surface area contributed by atoms with Gasteiger partial charge in [-0.05, 0) is 48.4 Å². The summed E-state index contributed by atoms with van der Waals surface area (Å²) in [6.07, 6.45) is 0.630. The number of amides is 1. The third-order valence-corrected chi connectivity index (χ3v) is 6.54. The Morgan fingerprint density at radius 2 is 1.90 bits per heavy atom. The lowest BCUT2D eigenvalue weighted by molar-refractivity contribution is -0.119. The van der Waals surface area contributed by atoms with Crippen molar-refractivity contribution in [2.24, 2.45) is 7.05 Å². The number of benzene rings is 2. The van der Waals surface area contributed by atoms with E-state index in [0.717, 1.165) is 10.9 Å². The summed E-state index contributed by atoms with van der Waals surface area (Å²) < 4.78 is 39.8. The summed E-state index contributed by atoms with van der Waals surface area (Å²) in [4.78, 5) is 26.7. The van der Waals surface area contributed by atoms with Gasteiger partial charge in [-0.2, -0.15) is 13.9 Å². The van der Waals surface area contributed by atoms with Crippen LogP contribution < -0.4 is 15.6 Å². The van der Waals surface area contributed by atoms with Crippen molar-refractivity contribution in [2.75, 3.05) is 12.4 Å². The number of anilines is 1. The molecule has 3 heterocycles. The van der Waals surface area contributed by atoms with Crippen LogP contribution in [0.25, 0.3) is 33.5 Å². The molecule has 0 fully saturated rings. The summed E-state index contributed by atoms with van der Waals surface area (Å²) in [5.41, 5.74) is 1.78. The van der Waals surface area contributed by atoms with Crippen LogP contribution in [0.3, 0.4) is 0 Å². The van der Waals surface area contributed by atoms with Crippen molar-refractivity contribution in [3.05, 3.63) is 76.1 Å². The molecule has 0 spiro atoms. The Hall–Kier alpha value is -4.58. The predicted octanol–water partition coefficient (Wildman–Crippen LogP) is 5.64. The Balaban J connectivity index is 1.52. The second-order valence-electron chi connectivity index (χ2n) is 8.93. The van der Waals surface area contributed by atoms with Crippen molar-refractivity contribution in [1.82, 2.24) is 24.5 Å². The van der Waals surface area contributed by atoms with Gasteiger partial charge in [-0.15, -0.1) is 10.2 Å². The van der Waals surface area contributed by atoms with E-state index in [1.165, 1.54) is 42.1 Å². The third kappa shape index (κ3) is 5.17. The van der Waals surface area contributed by atoms with Crippen LogP contribution in [0.4, 0.5) is 14.5 Å². The average molecular weight is 569 g/mol. The van der Waals surface area contributed by atoms with Gasteiger partial charge in [0.15, 0.2) is 0 Å². The van der Waals surface area contributed by atoms with E-state index >= 15 is 0 Å². The summed E-state index contributed by atoms with van der Waals surface area (Å²) in [5, 5.41) is 15.5. The van der Waals surface area contributed by atoms with Crippen molar-refractivity contribution in [2.45, 2.75) is 25.8 Å². The number of aryl methyl sites for hydroxylation is 1. The predicted molar refractivity (Wildman–Crippen MR) is 145 cm³/mol. The molecule has 1 atom stereocenters. The largest absolute Gasteiger partial charge is 0.495 e. The van der Waals surface area contributed by atoms with Crippen LogP contribution in [0.5, 0.6) is 5.75 Å². The number of methoxy groups -OCH3 is 1. The standard InChI is InChI=1S/C27H23ClF2N6O4/c1-4-21(25(38)31-16-6-8-20-14(9-16)12-35(2)34-20)36-13-22(39-3)19(11-23(36)37)18-10-15(28)5-7-17(18)26-32-33-27(40-26)24(29)30/h5-13,21,24H,4H2,1-3H3,(H,31,38). The van der Waals surface area contributed by atoms with E-state index in [4.69, 9.17) is 20.8 Å². The normalized spacial score (nSPS) is 12.2. The van der Waals surface area contributed by atoms with Crippen LogP contribution in [-0.2, 0) is 11.8 Å². The Morgan fingerprint density at radius 3 is 2.60 bits per heavy atom. The number of pyridine rings is 1. The van der Waals surface area contributed by atoms with Gasteiger partial charge >= 0.3 is 6.43 Å². The van der Waals surface area contributed by atoms with Crippen molar-refractivity contribution in [3.8, 4) is 28.3 Å². The van der Waals surface area contributed by atoms with Gasteiger partial charge < -0.3 is 14.5 Å². The molecule has 0 radical (unpaired) electrons. The fourth-order valence-electron chi connectivity index (χ4n) is 4.46. The highest BCUT2D eigenvalue weighted by Gasteiger charge is 2.25. The maximum Gasteiger partial charge on any atom is 0.314 e. The fourth-order valence-corrected chi connectivity index (χ4v) is 4.64.